The summed E-state index contributed by atoms with van der Waals surface area (Å²) in [6.45, 7) is 5.34. The molecule has 0 aliphatic carbocycles. The summed E-state index contributed by atoms with van der Waals surface area (Å²) in [5.41, 5.74) is 0. The van der Waals surface area contributed by atoms with Crippen molar-refractivity contribution in [3.8, 4) is 0 Å². The highest BCUT2D eigenvalue weighted by molar-refractivity contribution is 4.84. The van der Waals surface area contributed by atoms with E-state index in [1.54, 1.807) is 0 Å². The molecular weight excluding hydrogens is 130 g/mol. The molecule has 0 bridgehead atoms. The number of aliphatic hydroxyl groups excluding tert-OH is 2. The predicted molar refractivity (Wildman–Crippen MR) is 38.7 cm³/mol. The van der Waals surface area contributed by atoms with E-state index in [4.69, 9.17) is 10.2 Å². The second-order valence-electron chi connectivity index (χ2n) is 3.18. The zero-order valence-electron chi connectivity index (χ0n) is 6.49. The van der Waals surface area contributed by atoms with Crippen LogP contribution in [0, 0.1) is 0 Å². The molecule has 2 atom stereocenters. The molecule has 60 valence electrons. The number of aliphatic hydroxyl groups is 2. The number of β-amino-alcohol motifs (C(OH)–C–C–N with tert-alkyl or cyclic N) is 2. The molecule has 1 aliphatic heterocycles. The first-order valence-electron chi connectivity index (χ1n) is 3.71. The second kappa shape index (κ2) is 2.86. The highest BCUT2D eigenvalue weighted by atomic mass is 16.3. The number of nitrogens with zero attached hydrogens (tertiary/aromatic N) is 1. The Morgan fingerprint density at radius 3 is 1.80 bits per heavy atom. The van der Waals surface area contributed by atoms with Crippen molar-refractivity contribution in [2.45, 2.75) is 32.1 Å². The summed E-state index contributed by atoms with van der Waals surface area (Å²) >= 11 is 0. The maximum atomic E-state index is 9.13. The van der Waals surface area contributed by atoms with Gasteiger partial charge in [0.15, 0.2) is 0 Å². The summed E-state index contributed by atoms with van der Waals surface area (Å²) in [6, 6.07) is 0.423. The van der Waals surface area contributed by atoms with E-state index < -0.39 is 12.2 Å². The minimum Gasteiger partial charge on any atom is -0.389 e. The van der Waals surface area contributed by atoms with Crippen molar-refractivity contribution in [2.24, 2.45) is 0 Å². The monoisotopic (exact) mass is 145 g/mol. The Labute approximate surface area is 61.3 Å². The van der Waals surface area contributed by atoms with Crippen molar-refractivity contribution in [2.75, 3.05) is 13.1 Å². The van der Waals surface area contributed by atoms with Crippen molar-refractivity contribution < 1.29 is 10.2 Å². The van der Waals surface area contributed by atoms with Crippen molar-refractivity contribution in [1.82, 2.24) is 4.90 Å². The molecule has 1 heterocycles. The van der Waals surface area contributed by atoms with E-state index in [-0.39, 0.29) is 0 Å². The van der Waals surface area contributed by atoms with E-state index in [9.17, 15) is 0 Å². The molecule has 1 saturated heterocycles. The molecule has 3 heteroatoms. The van der Waals surface area contributed by atoms with E-state index in [1.165, 1.54) is 0 Å². The first kappa shape index (κ1) is 7.98. The Balaban J connectivity index is 2.41. The van der Waals surface area contributed by atoms with E-state index in [0.29, 0.717) is 19.1 Å². The molecule has 0 aromatic heterocycles. The van der Waals surface area contributed by atoms with Crippen molar-refractivity contribution in [3.63, 3.8) is 0 Å². The molecule has 1 rings (SSSR count). The van der Waals surface area contributed by atoms with Crippen LogP contribution in [0.2, 0.25) is 0 Å². The first-order valence-corrected chi connectivity index (χ1v) is 3.71. The Kier molecular flexibility index (Phi) is 2.28. The molecule has 3 nitrogen and oxygen atoms in total. The molecule has 2 N–H and O–H groups in total. The fraction of sp³-hybridized carbons (Fsp3) is 1.00. The van der Waals surface area contributed by atoms with Gasteiger partial charge in [0.05, 0.1) is 12.2 Å². The average molecular weight is 145 g/mol. The molecule has 0 unspecified atom stereocenters. The Hall–Kier alpha value is -0.120. The van der Waals surface area contributed by atoms with Crippen LogP contribution in [-0.4, -0.2) is 46.5 Å². The Morgan fingerprint density at radius 1 is 1.20 bits per heavy atom. The molecule has 0 aromatic rings. The van der Waals surface area contributed by atoms with E-state index in [2.05, 4.69) is 18.7 Å². The van der Waals surface area contributed by atoms with Gasteiger partial charge in [-0.2, -0.15) is 0 Å². The quantitative estimate of drug-likeness (QED) is 0.519. The molecule has 0 radical (unpaired) electrons. The van der Waals surface area contributed by atoms with Crippen molar-refractivity contribution in [1.29, 1.82) is 0 Å². The van der Waals surface area contributed by atoms with Crippen molar-refractivity contribution in [3.05, 3.63) is 0 Å². The van der Waals surface area contributed by atoms with Gasteiger partial charge in [-0.05, 0) is 13.8 Å². The molecule has 1 fully saturated rings. The van der Waals surface area contributed by atoms with Gasteiger partial charge < -0.3 is 10.2 Å². The van der Waals surface area contributed by atoms with Crippen LogP contribution in [0.1, 0.15) is 13.8 Å². The van der Waals surface area contributed by atoms with E-state index in [1.807, 2.05) is 0 Å². The predicted octanol–water partition coefficient (Wildman–Crippen LogP) is -0.568. The SMILES string of the molecule is CC(C)N1C[C@@H](O)[C@@H](O)C1. The summed E-state index contributed by atoms with van der Waals surface area (Å²) in [6.07, 6.45) is -1.08. The fourth-order valence-corrected chi connectivity index (χ4v) is 1.22. The number of hydrogen-bond acceptors (Lipinski definition) is 3. The van der Waals surface area contributed by atoms with Crippen LogP contribution in [0.5, 0.6) is 0 Å². The van der Waals surface area contributed by atoms with Crippen LogP contribution in [0.3, 0.4) is 0 Å². The van der Waals surface area contributed by atoms with Gasteiger partial charge in [0, 0.05) is 19.1 Å². The minimum atomic E-state index is -0.539. The van der Waals surface area contributed by atoms with Gasteiger partial charge in [-0.25, -0.2) is 0 Å². The highest BCUT2D eigenvalue weighted by Gasteiger charge is 2.30. The average Bonchev–Trinajstić information content (AvgIpc) is 2.13. The van der Waals surface area contributed by atoms with Gasteiger partial charge in [-0.3, -0.25) is 4.90 Å². The van der Waals surface area contributed by atoms with Gasteiger partial charge >= 0.3 is 0 Å². The molecular formula is C7H15NO2. The zero-order chi connectivity index (χ0) is 7.72. The van der Waals surface area contributed by atoms with Crippen LogP contribution < -0.4 is 0 Å². The standard InChI is InChI=1S/C7H15NO2/c1-5(2)8-3-6(9)7(10)4-8/h5-7,9-10H,3-4H2,1-2H3/t6-,7+. The lowest BCUT2D eigenvalue weighted by atomic mass is 10.3. The van der Waals surface area contributed by atoms with Crippen LogP contribution in [0.4, 0.5) is 0 Å². The fourth-order valence-electron chi connectivity index (χ4n) is 1.22. The van der Waals surface area contributed by atoms with Gasteiger partial charge in [-0.15, -0.1) is 0 Å². The molecule has 0 spiro atoms. The van der Waals surface area contributed by atoms with E-state index in [0.717, 1.165) is 0 Å². The summed E-state index contributed by atoms with van der Waals surface area (Å²) in [7, 11) is 0. The third-order valence-electron chi connectivity index (χ3n) is 2.02. The Morgan fingerprint density at radius 2 is 1.60 bits per heavy atom. The molecule has 0 saturated carbocycles. The van der Waals surface area contributed by atoms with Crippen LogP contribution >= 0.6 is 0 Å². The van der Waals surface area contributed by atoms with Gasteiger partial charge in [0.2, 0.25) is 0 Å². The maximum absolute atomic E-state index is 9.13. The first-order chi connectivity index (χ1) is 4.61. The van der Waals surface area contributed by atoms with E-state index >= 15 is 0 Å². The highest BCUT2D eigenvalue weighted by Crippen LogP contribution is 2.12. The lowest BCUT2D eigenvalue weighted by molar-refractivity contribution is 0.0572. The van der Waals surface area contributed by atoms with Crippen LogP contribution in [0.25, 0.3) is 0 Å². The minimum absolute atomic E-state index is 0.423. The van der Waals surface area contributed by atoms with Gasteiger partial charge in [0.1, 0.15) is 0 Å². The maximum Gasteiger partial charge on any atom is 0.0938 e. The van der Waals surface area contributed by atoms with Crippen LogP contribution in [-0.2, 0) is 0 Å². The zero-order valence-corrected chi connectivity index (χ0v) is 6.49. The summed E-state index contributed by atoms with van der Waals surface area (Å²) in [5, 5.41) is 18.3. The lowest BCUT2D eigenvalue weighted by Crippen LogP contribution is -2.29. The summed E-state index contributed by atoms with van der Waals surface area (Å²) in [4.78, 5) is 2.06. The number of rotatable bonds is 1. The third-order valence-corrected chi connectivity index (χ3v) is 2.02. The van der Waals surface area contributed by atoms with Crippen molar-refractivity contribution >= 4 is 0 Å². The molecule has 10 heavy (non-hydrogen) atoms. The smallest absolute Gasteiger partial charge is 0.0938 e. The summed E-state index contributed by atoms with van der Waals surface area (Å²) < 4.78 is 0. The molecule has 1 aliphatic rings. The normalized spacial score (nSPS) is 35.7. The Bertz CT molecular complexity index is 106. The van der Waals surface area contributed by atoms with Crippen LogP contribution in [0.15, 0.2) is 0 Å². The number of likely N-dealkylation sites (tertiary alicyclic amines) is 1. The topological polar surface area (TPSA) is 43.7 Å². The largest absolute Gasteiger partial charge is 0.389 e. The second-order valence-corrected chi connectivity index (χ2v) is 3.18. The molecule has 0 amide bonds. The molecule has 0 aromatic carbocycles. The van der Waals surface area contributed by atoms with Gasteiger partial charge in [0.25, 0.3) is 0 Å². The lowest BCUT2D eigenvalue weighted by Gasteiger charge is -2.18. The third kappa shape index (κ3) is 1.48. The summed E-state index contributed by atoms with van der Waals surface area (Å²) in [5.74, 6) is 0. The number of hydrogen-bond donors (Lipinski definition) is 2. The van der Waals surface area contributed by atoms with Gasteiger partial charge in [-0.1, -0.05) is 0 Å².